The van der Waals surface area contributed by atoms with Crippen LogP contribution in [0.1, 0.15) is 5.56 Å². The van der Waals surface area contributed by atoms with Gasteiger partial charge in [0.05, 0.1) is 5.02 Å². The molecule has 0 saturated carbocycles. The first-order valence-electron chi connectivity index (χ1n) is 4.90. The van der Waals surface area contributed by atoms with Crippen molar-refractivity contribution in [1.29, 1.82) is 0 Å². The molecule has 0 spiro atoms. The summed E-state index contributed by atoms with van der Waals surface area (Å²) in [7, 11) is 0. The zero-order valence-electron chi connectivity index (χ0n) is 8.99. The largest absolute Gasteiger partial charge is 0.368 e. The van der Waals surface area contributed by atoms with E-state index < -0.39 is 5.82 Å². The van der Waals surface area contributed by atoms with Gasteiger partial charge >= 0.3 is 0 Å². The Bertz CT molecular complexity index is 558. The van der Waals surface area contributed by atoms with Crippen LogP contribution in [0.5, 0.6) is 0 Å². The summed E-state index contributed by atoms with van der Waals surface area (Å²) in [6.07, 6.45) is 0. The zero-order valence-corrected chi connectivity index (χ0v) is 10.5. The number of benzene rings is 1. The van der Waals surface area contributed by atoms with E-state index >= 15 is 0 Å². The van der Waals surface area contributed by atoms with Crippen LogP contribution >= 0.6 is 23.2 Å². The molecular formula is C10H8Cl2FN5. The number of nitrogen functional groups attached to an aromatic ring is 1. The van der Waals surface area contributed by atoms with E-state index in [-0.39, 0.29) is 28.7 Å². The minimum absolute atomic E-state index is 0.00263. The van der Waals surface area contributed by atoms with Crippen molar-refractivity contribution in [3.8, 4) is 0 Å². The minimum atomic E-state index is -0.482. The van der Waals surface area contributed by atoms with E-state index in [1.807, 2.05) is 0 Å². The second kappa shape index (κ2) is 5.32. The lowest BCUT2D eigenvalue weighted by Gasteiger charge is -2.07. The van der Waals surface area contributed by atoms with Gasteiger partial charge < -0.3 is 11.1 Å². The van der Waals surface area contributed by atoms with Gasteiger partial charge in [-0.2, -0.15) is 15.0 Å². The maximum Gasteiger partial charge on any atom is 0.229 e. The predicted molar refractivity (Wildman–Crippen MR) is 68.0 cm³/mol. The number of aromatic nitrogens is 3. The number of anilines is 2. The Hall–Kier alpha value is -1.66. The van der Waals surface area contributed by atoms with E-state index in [4.69, 9.17) is 28.9 Å². The highest BCUT2D eigenvalue weighted by molar-refractivity contribution is 6.31. The van der Waals surface area contributed by atoms with Crippen LogP contribution in [-0.4, -0.2) is 15.0 Å². The van der Waals surface area contributed by atoms with E-state index in [2.05, 4.69) is 20.3 Å². The van der Waals surface area contributed by atoms with Crippen molar-refractivity contribution in [2.24, 2.45) is 0 Å². The van der Waals surface area contributed by atoms with E-state index in [0.717, 1.165) is 0 Å². The molecule has 0 amide bonds. The average Bonchev–Trinajstić information content (AvgIpc) is 2.30. The van der Waals surface area contributed by atoms with Gasteiger partial charge in [-0.05, 0) is 23.2 Å². The van der Waals surface area contributed by atoms with Crippen molar-refractivity contribution >= 4 is 35.1 Å². The first-order chi connectivity index (χ1) is 8.56. The molecule has 0 fully saturated rings. The third-order valence-corrected chi connectivity index (χ3v) is 2.69. The molecule has 0 unspecified atom stereocenters. The van der Waals surface area contributed by atoms with Gasteiger partial charge in [-0.3, -0.25) is 0 Å². The van der Waals surface area contributed by atoms with Crippen LogP contribution in [-0.2, 0) is 6.54 Å². The molecule has 1 heterocycles. The van der Waals surface area contributed by atoms with Gasteiger partial charge in [0.2, 0.25) is 17.2 Å². The molecule has 0 atom stereocenters. The number of nitrogens with one attached hydrogen (secondary N) is 1. The van der Waals surface area contributed by atoms with Crippen LogP contribution in [0.4, 0.5) is 16.3 Å². The molecule has 8 heteroatoms. The molecule has 2 rings (SSSR count). The van der Waals surface area contributed by atoms with Gasteiger partial charge in [-0.1, -0.05) is 23.7 Å². The molecule has 0 saturated heterocycles. The fourth-order valence-electron chi connectivity index (χ4n) is 1.30. The average molecular weight is 288 g/mol. The van der Waals surface area contributed by atoms with Gasteiger partial charge in [0.15, 0.2) is 0 Å². The standard InChI is InChI=1S/C10H8Cl2FN5/c11-7-5(2-1-3-6(7)13)4-15-10-17-8(12)16-9(14)18-10/h1-3H,4H2,(H3,14,15,16,17,18). The normalized spacial score (nSPS) is 10.4. The van der Waals surface area contributed by atoms with E-state index in [1.165, 1.54) is 6.07 Å². The number of nitrogens with two attached hydrogens (primary N) is 1. The van der Waals surface area contributed by atoms with Crippen molar-refractivity contribution < 1.29 is 4.39 Å². The summed E-state index contributed by atoms with van der Waals surface area (Å²) in [5.74, 6) is -0.278. The smallest absolute Gasteiger partial charge is 0.229 e. The van der Waals surface area contributed by atoms with Crippen LogP contribution < -0.4 is 11.1 Å². The monoisotopic (exact) mass is 287 g/mol. The summed E-state index contributed by atoms with van der Waals surface area (Å²) in [4.78, 5) is 11.3. The van der Waals surface area contributed by atoms with Crippen molar-refractivity contribution in [2.45, 2.75) is 6.54 Å². The molecule has 0 aliphatic carbocycles. The number of nitrogens with zero attached hydrogens (tertiary/aromatic N) is 3. The Morgan fingerprint density at radius 1 is 1.22 bits per heavy atom. The number of hydrogen-bond acceptors (Lipinski definition) is 5. The fraction of sp³-hybridized carbons (Fsp3) is 0.100. The van der Waals surface area contributed by atoms with Crippen molar-refractivity contribution in [3.05, 3.63) is 39.9 Å². The molecule has 3 N–H and O–H groups in total. The highest BCUT2D eigenvalue weighted by atomic mass is 35.5. The maximum absolute atomic E-state index is 13.2. The van der Waals surface area contributed by atoms with Gasteiger partial charge in [0, 0.05) is 6.54 Å². The second-order valence-corrected chi connectivity index (χ2v) is 4.07. The Morgan fingerprint density at radius 2 is 2.00 bits per heavy atom. The molecular weight excluding hydrogens is 280 g/mol. The number of hydrogen-bond donors (Lipinski definition) is 2. The molecule has 5 nitrogen and oxygen atoms in total. The van der Waals surface area contributed by atoms with E-state index in [0.29, 0.717) is 5.56 Å². The third-order valence-electron chi connectivity index (χ3n) is 2.09. The van der Waals surface area contributed by atoms with Crippen LogP contribution in [0, 0.1) is 5.82 Å². The molecule has 18 heavy (non-hydrogen) atoms. The van der Waals surface area contributed by atoms with Gasteiger partial charge in [-0.15, -0.1) is 0 Å². The lowest BCUT2D eigenvalue weighted by molar-refractivity contribution is 0.626. The topological polar surface area (TPSA) is 76.7 Å². The predicted octanol–water partition coefficient (Wildman–Crippen LogP) is 2.51. The lowest BCUT2D eigenvalue weighted by Crippen LogP contribution is -2.07. The highest BCUT2D eigenvalue weighted by Crippen LogP contribution is 2.20. The SMILES string of the molecule is Nc1nc(Cl)nc(NCc2cccc(F)c2Cl)n1. The summed E-state index contributed by atoms with van der Waals surface area (Å²) < 4.78 is 13.2. The van der Waals surface area contributed by atoms with E-state index in [1.54, 1.807) is 12.1 Å². The number of halogens is 3. The summed E-state index contributed by atoms with van der Waals surface area (Å²) in [5.41, 5.74) is 5.99. The van der Waals surface area contributed by atoms with Crippen molar-refractivity contribution in [3.63, 3.8) is 0 Å². The Balaban J connectivity index is 2.14. The quantitative estimate of drug-likeness (QED) is 0.907. The maximum atomic E-state index is 13.2. The Morgan fingerprint density at radius 3 is 2.72 bits per heavy atom. The Labute approximate surface area is 112 Å². The molecule has 0 radical (unpaired) electrons. The third kappa shape index (κ3) is 2.96. The van der Waals surface area contributed by atoms with Gasteiger partial charge in [0.1, 0.15) is 5.82 Å². The van der Waals surface area contributed by atoms with Crippen molar-refractivity contribution in [2.75, 3.05) is 11.1 Å². The first-order valence-corrected chi connectivity index (χ1v) is 5.65. The summed E-state index contributed by atoms with van der Waals surface area (Å²) >= 11 is 11.4. The van der Waals surface area contributed by atoms with E-state index in [9.17, 15) is 4.39 Å². The molecule has 0 aliphatic heterocycles. The summed E-state index contributed by atoms with van der Waals surface area (Å²) in [6, 6.07) is 4.53. The second-order valence-electron chi connectivity index (χ2n) is 3.35. The van der Waals surface area contributed by atoms with Crippen LogP contribution in [0.15, 0.2) is 18.2 Å². The molecule has 1 aromatic carbocycles. The highest BCUT2D eigenvalue weighted by Gasteiger charge is 2.07. The van der Waals surface area contributed by atoms with Crippen LogP contribution in [0.2, 0.25) is 10.3 Å². The summed E-state index contributed by atoms with van der Waals surface area (Å²) in [5, 5.41) is 2.87. The lowest BCUT2D eigenvalue weighted by atomic mass is 10.2. The molecule has 0 aliphatic rings. The van der Waals surface area contributed by atoms with Crippen molar-refractivity contribution in [1.82, 2.24) is 15.0 Å². The minimum Gasteiger partial charge on any atom is -0.368 e. The fourth-order valence-corrected chi connectivity index (χ4v) is 1.66. The summed E-state index contributed by atoms with van der Waals surface area (Å²) in [6.45, 7) is 0.246. The molecule has 1 aromatic heterocycles. The van der Waals surface area contributed by atoms with Crippen LogP contribution in [0.3, 0.4) is 0 Å². The Kier molecular flexibility index (Phi) is 3.78. The zero-order chi connectivity index (χ0) is 13.1. The number of rotatable bonds is 3. The van der Waals surface area contributed by atoms with Crippen LogP contribution in [0.25, 0.3) is 0 Å². The van der Waals surface area contributed by atoms with Gasteiger partial charge in [0.25, 0.3) is 0 Å². The molecule has 2 aromatic rings. The molecule has 94 valence electrons. The van der Waals surface area contributed by atoms with Gasteiger partial charge in [-0.25, -0.2) is 4.39 Å². The first kappa shape index (κ1) is 12.8. The molecule has 0 bridgehead atoms.